The van der Waals surface area contributed by atoms with Crippen LogP contribution in [0.5, 0.6) is 5.75 Å². The Labute approximate surface area is 198 Å². The predicted octanol–water partition coefficient (Wildman–Crippen LogP) is 5.07. The van der Waals surface area contributed by atoms with E-state index >= 15 is 0 Å². The van der Waals surface area contributed by atoms with Crippen molar-refractivity contribution in [3.8, 4) is 16.9 Å². The number of nitrogens with one attached hydrogen (secondary N) is 1. The van der Waals surface area contributed by atoms with E-state index in [1.807, 2.05) is 54.6 Å². The molecular weight excluding hydrogens is 454 g/mol. The molecule has 0 spiro atoms. The van der Waals surface area contributed by atoms with Gasteiger partial charge in [-0.3, -0.25) is 4.79 Å². The first kappa shape index (κ1) is 23.5. The summed E-state index contributed by atoms with van der Waals surface area (Å²) in [5.41, 5.74) is 2.35. The number of aliphatic carboxylic acids is 1. The topological polar surface area (TPSA) is 106 Å². The van der Waals surface area contributed by atoms with Gasteiger partial charge >= 0.3 is 5.97 Å². The molecule has 0 fully saturated rings. The van der Waals surface area contributed by atoms with Gasteiger partial charge in [-0.2, -0.15) is 4.72 Å². The molecule has 1 unspecified atom stereocenters. The number of carboxylic acid groups (broad SMARTS) is 1. The molecule has 34 heavy (non-hydrogen) atoms. The molecule has 3 aromatic carbocycles. The smallest absolute Gasteiger partial charge is 0.322 e. The number of benzene rings is 3. The molecule has 2 N–H and O–H groups in total. The van der Waals surface area contributed by atoms with Gasteiger partial charge in [-0.15, -0.1) is 0 Å². The molecule has 4 aromatic rings. The van der Waals surface area contributed by atoms with Gasteiger partial charge in [-0.1, -0.05) is 62.4 Å². The third-order valence-electron chi connectivity index (χ3n) is 5.42. The fourth-order valence-corrected chi connectivity index (χ4v) is 4.95. The highest BCUT2D eigenvalue weighted by atomic mass is 32.2. The first-order chi connectivity index (χ1) is 16.2. The Kier molecular flexibility index (Phi) is 6.72. The van der Waals surface area contributed by atoms with Crippen LogP contribution in [0.3, 0.4) is 0 Å². The molecule has 1 aromatic heterocycles. The number of hydrogen-bond acceptors (Lipinski definition) is 5. The summed E-state index contributed by atoms with van der Waals surface area (Å²) in [5, 5.41) is 10.3. The molecule has 0 aliphatic heterocycles. The van der Waals surface area contributed by atoms with Crippen LogP contribution in [0.25, 0.3) is 22.1 Å². The van der Waals surface area contributed by atoms with Gasteiger partial charge in [0.25, 0.3) is 0 Å². The van der Waals surface area contributed by atoms with Gasteiger partial charge in [0, 0.05) is 10.9 Å². The Morgan fingerprint density at radius 2 is 1.68 bits per heavy atom. The fourth-order valence-electron chi connectivity index (χ4n) is 3.61. The van der Waals surface area contributed by atoms with E-state index in [0.717, 1.165) is 22.1 Å². The molecule has 0 radical (unpaired) electrons. The van der Waals surface area contributed by atoms with Crippen molar-refractivity contribution in [3.05, 3.63) is 84.6 Å². The maximum absolute atomic E-state index is 12.7. The summed E-state index contributed by atoms with van der Waals surface area (Å²) in [7, 11) is -3.99. The van der Waals surface area contributed by atoms with E-state index in [-0.39, 0.29) is 11.5 Å². The Hall–Kier alpha value is -3.62. The van der Waals surface area contributed by atoms with Gasteiger partial charge < -0.3 is 14.3 Å². The van der Waals surface area contributed by atoms with E-state index in [9.17, 15) is 18.3 Å². The zero-order chi connectivity index (χ0) is 24.3. The van der Waals surface area contributed by atoms with Crippen LogP contribution in [0, 0.1) is 5.92 Å². The molecule has 0 saturated heterocycles. The molecule has 176 valence electrons. The minimum atomic E-state index is -3.99. The number of hydrogen-bond donors (Lipinski definition) is 2. The third kappa shape index (κ3) is 5.13. The second kappa shape index (κ2) is 9.70. The lowest BCUT2D eigenvalue weighted by molar-refractivity contribution is -0.140. The summed E-state index contributed by atoms with van der Waals surface area (Å²) < 4.78 is 39.5. The van der Waals surface area contributed by atoms with Gasteiger partial charge in [0.15, 0.2) is 0 Å². The second-order valence-electron chi connectivity index (χ2n) is 8.24. The van der Waals surface area contributed by atoms with Crippen LogP contribution in [-0.2, 0) is 21.4 Å². The maximum atomic E-state index is 12.7. The van der Waals surface area contributed by atoms with E-state index in [1.165, 1.54) is 12.1 Å². The normalized spacial score (nSPS) is 12.7. The highest BCUT2D eigenvalue weighted by Gasteiger charge is 2.28. The zero-order valence-electron chi connectivity index (χ0n) is 18.8. The van der Waals surface area contributed by atoms with Gasteiger partial charge in [0.1, 0.15) is 29.7 Å². The molecule has 0 saturated carbocycles. The van der Waals surface area contributed by atoms with Crippen molar-refractivity contribution in [3.63, 3.8) is 0 Å². The molecule has 0 aliphatic rings. The van der Waals surface area contributed by atoms with E-state index in [1.54, 1.807) is 26.0 Å². The second-order valence-corrected chi connectivity index (χ2v) is 9.95. The molecule has 4 rings (SSSR count). The maximum Gasteiger partial charge on any atom is 0.322 e. The van der Waals surface area contributed by atoms with E-state index in [0.29, 0.717) is 11.5 Å². The lowest BCUT2D eigenvalue weighted by atomic mass is 10.0. The monoisotopic (exact) mass is 479 g/mol. The number of carbonyl (C=O) groups is 1. The van der Waals surface area contributed by atoms with Crippen molar-refractivity contribution < 1.29 is 27.5 Å². The Morgan fingerprint density at radius 3 is 2.35 bits per heavy atom. The first-order valence-corrected chi connectivity index (χ1v) is 12.3. The number of sulfonamides is 1. The lowest BCUT2D eigenvalue weighted by Gasteiger charge is -2.18. The molecule has 7 nitrogen and oxygen atoms in total. The summed E-state index contributed by atoms with van der Waals surface area (Å²) >= 11 is 0. The molecule has 1 atom stereocenters. The number of carboxylic acids is 1. The summed E-state index contributed by atoms with van der Waals surface area (Å²) in [6, 6.07) is 22.2. The molecule has 0 aliphatic carbocycles. The average Bonchev–Trinajstić information content (AvgIpc) is 3.24. The van der Waals surface area contributed by atoms with E-state index in [4.69, 9.17) is 9.15 Å². The van der Waals surface area contributed by atoms with Crippen molar-refractivity contribution in [1.29, 1.82) is 0 Å². The number of rotatable bonds is 9. The van der Waals surface area contributed by atoms with Crippen LogP contribution in [-0.4, -0.2) is 25.5 Å². The Bertz CT molecular complexity index is 1370. The van der Waals surface area contributed by atoms with Crippen LogP contribution in [0.15, 0.2) is 88.2 Å². The van der Waals surface area contributed by atoms with Crippen LogP contribution >= 0.6 is 0 Å². The van der Waals surface area contributed by atoms with Crippen LogP contribution in [0.1, 0.15) is 19.6 Å². The summed E-state index contributed by atoms with van der Waals surface area (Å²) in [6.45, 7) is 3.53. The van der Waals surface area contributed by atoms with Crippen molar-refractivity contribution in [2.24, 2.45) is 5.92 Å². The van der Waals surface area contributed by atoms with Crippen molar-refractivity contribution >= 4 is 27.0 Å². The molecule has 8 heteroatoms. The quantitative estimate of drug-likeness (QED) is 0.347. The third-order valence-corrected chi connectivity index (χ3v) is 6.88. The van der Waals surface area contributed by atoms with Crippen LogP contribution in [0.2, 0.25) is 0 Å². The largest absolute Gasteiger partial charge is 0.485 e. The minimum Gasteiger partial charge on any atom is -0.485 e. The zero-order valence-corrected chi connectivity index (χ0v) is 19.6. The number of para-hydroxylation sites is 2. The molecular formula is C26H25NO6S. The number of furan rings is 1. The highest BCUT2D eigenvalue weighted by molar-refractivity contribution is 7.89. The summed E-state index contributed by atoms with van der Waals surface area (Å²) in [5.74, 6) is -0.294. The molecule has 0 amide bonds. The lowest BCUT2D eigenvalue weighted by Crippen LogP contribution is -2.44. The van der Waals surface area contributed by atoms with Gasteiger partial charge in [0.05, 0.1) is 4.90 Å². The van der Waals surface area contributed by atoms with E-state index < -0.39 is 28.0 Å². The Balaban J connectivity index is 1.53. The van der Waals surface area contributed by atoms with Crippen LogP contribution in [0.4, 0.5) is 0 Å². The van der Waals surface area contributed by atoms with Crippen molar-refractivity contribution in [2.45, 2.75) is 31.4 Å². The van der Waals surface area contributed by atoms with Crippen molar-refractivity contribution in [2.75, 3.05) is 0 Å². The van der Waals surface area contributed by atoms with Crippen LogP contribution < -0.4 is 9.46 Å². The fraction of sp³-hybridized carbons (Fsp3) is 0.192. The number of ether oxygens (including phenoxy) is 1. The number of fused-ring (bicyclic) bond motifs is 1. The first-order valence-electron chi connectivity index (χ1n) is 10.8. The Morgan fingerprint density at radius 1 is 1.00 bits per heavy atom. The predicted molar refractivity (Wildman–Crippen MR) is 129 cm³/mol. The average molecular weight is 480 g/mol. The molecule has 1 heterocycles. The van der Waals surface area contributed by atoms with Gasteiger partial charge in [-0.25, -0.2) is 8.42 Å². The summed E-state index contributed by atoms with van der Waals surface area (Å²) in [4.78, 5) is 11.4. The standard InChI is InChI=1S/C26H25NO6S/c1-17(2)25(26(28)29)27-34(30,31)21-13-11-18(12-14-21)22-8-4-6-10-24(22)32-16-20-15-19-7-3-5-9-23(19)33-20/h3-15,17,25,27H,16H2,1-2H3,(H,28,29). The summed E-state index contributed by atoms with van der Waals surface area (Å²) in [6.07, 6.45) is 0. The molecule has 0 bridgehead atoms. The van der Waals surface area contributed by atoms with Crippen molar-refractivity contribution in [1.82, 2.24) is 4.72 Å². The van der Waals surface area contributed by atoms with Gasteiger partial charge in [-0.05, 0) is 41.8 Å². The van der Waals surface area contributed by atoms with E-state index in [2.05, 4.69) is 4.72 Å². The van der Waals surface area contributed by atoms with Gasteiger partial charge in [0.2, 0.25) is 10.0 Å². The minimum absolute atomic E-state index is 0.0103. The SMILES string of the molecule is CC(C)C(NS(=O)(=O)c1ccc(-c2ccccc2OCc2cc3ccccc3o2)cc1)C(=O)O. The highest BCUT2D eigenvalue weighted by Crippen LogP contribution is 2.31.